The van der Waals surface area contributed by atoms with E-state index in [-0.39, 0.29) is 16.3 Å². The topological polar surface area (TPSA) is 41.8 Å². The first-order valence-electron chi connectivity index (χ1n) is 4.72. The van der Waals surface area contributed by atoms with Gasteiger partial charge in [-0.2, -0.15) is 13.2 Å². The quantitative estimate of drug-likeness (QED) is 0.805. The average Bonchev–Trinajstić information content (AvgIpc) is 2.61. The molecule has 1 aliphatic rings. The molecule has 0 saturated heterocycles. The van der Waals surface area contributed by atoms with Crippen LogP contribution in [-0.4, -0.2) is 22.8 Å². The number of hydrogen-bond acceptors (Lipinski definition) is 3. The molecule has 1 aliphatic heterocycles. The van der Waals surface area contributed by atoms with Crippen LogP contribution in [0, 0.1) is 5.82 Å². The number of oxime groups is 1. The van der Waals surface area contributed by atoms with Crippen LogP contribution in [0.3, 0.4) is 0 Å². The molecule has 0 saturated carbocycles. The Bertz CT molecular complexity index is 517. The van der Waals surface area contributed by atoms with Crippen LogP contribution in [0.1, 0.15) is 12.0 Å². The van der Waals surface area contributed by atoms with Crippen LogP contribution in [0.2, 0.25) is 5.02 Å². The Morgan fingerprint density at radius 2 is 2.06 bits per heavy atom. The van der Waals surface area contributed by atoms with Gasteiger partial charge in [-0.15, -0.1) is 0 Å². The van der Waals surface area contributed by atoms with E-state index in [2.05, 4.69) is 9.99 Å². The molecule has 1 aromatic rings. The highest BCUT2D eigenvalue weighted by Crippen LogP contribution is 2.39. The van der Waals surface area contributed by atoms with Crippen molar-refractivity contribution in [1.29, 1.82) is 0 Å². The second-order valence-corrected chi connectivity index (χ2v) is 4.15. The van der Waals surface area contributed by atoms with Crippen LogP contribution in [0.25, 0.3) is 0 Å². The smallest absolute Gasteiger partial charge is 0.350 e. The third-order valence-electron chi connectivity index (χ3n) is 2.40. The van der Waals surface area contributed by atoms with E-state index in [9.17, 15) is 22.7 Å². The van der Waals surface area contributed by atoms with Crippen molar-refractivity contribution in [2.75, 3.05) is 0 Å². The SMILES string of the molecule is OC1(C(F)(F)F)CC(c2ccc(Cl)cc2F)=NO1. The molecular weight excluding hydrogens is 278 g/mol. The van der Waals surface area contributed by atoms with Gasteiger partial charge in [-0.05, 0) is 18.2 Å². The molecule has 0 spiro atoms. The van der Waals surface area contributed by atoms with E-state index in [1.807, 2.05) is 0 Å². The van der Waals surface area contributed by atoms with Gasteiger partial charge in [0, 0.05) is 10.6 Å². The number of hydrogen-bond donors (Lipinski definition) is 1. The van der Waals surface area contributed by atoms with Gasteiger partial charge in [0.1, 0.15) is 5.82 Å². The monoisotopic (exact) mass is 283 g/mol. The minimum absolute atomic E-state index is 0.0989. The molecule has 1 N–H and O–H groups in total. The van der Waals surface area contributed by atoms with Crippen LogP contribution in [0.4, 0.5) is 17.6 Å². The minimum atomic E-state index is -5.01. The number of alkyl halides is 3. The summed E-state index contributed by atoms with van der Waals surface area (Å²) in [7, 11) is 0. The maximum atomic E-state index is 13.5. The van der Waals surface area contributed by atoms with Gasteiger partial charge in [0.15, 0.2) is 0 Å². The van der Waals surface area contributed by atoms with Gasteiger partial charge in [-0.3, -0.25) is 0 Å². The van der Waals surface area contributed by atoms with E-state index in [4.69, 9.17) is 11.6 Å². The second-order valence-electron chi connectivity index (χ2n) is 3.71. The van der Waals surface area contributed by atoms with Crippen molar-refractivity contribution >= 4 is 17.3 Å². The van der Waals surface area contributed by atoms with E-state index >= 15 is 0 Å². The summed E-state index contributed by atoms with van der Waals surface area (Å²) in [5.41, 5.74) is -0.524. The van der Waals surface area contributed by atoms with Crippen LogP contribution in [0.15, 0.2) is 23.4 Å². The van der Waals surface area contributed by atoms with Crippen LogP contribution >= 0.6 is 11.6 Å². The highest BCUT2D eigenvalue weighted by molar-refractivity contribution is 6.30. The first-order chi connectivity index (χ1) is 8.23. The fraction of sp³-hybridized carbons (Fsp3) is 0.300. The molecule has 0 aliphatic carbocycles. The van der Waals surface area contributed by atoms with Gasteiger partial charge in [0.2, 0.25) is 0 Å². The predicted octanol–water partition coefficient (Wildman–Crippen LogP) is 2.85. The molecule has 0 radical (unpaired) electrons. The Morgan fingerprint density at radius 1 is 1.39 bits per heavy atom. The molecule has 2 rings (SSSR count). The van der Waals surface area contributed by atoms with Crippen LogP contribution in [-0.2, 0) is 4.84 Å². The van der Waals surface area contributed by atoms with Gasteiger partial charge < -0.3 is 9.94 Å². The van der Waals surface area contributed by atoms with Crippen molar-refractivity contribution in [1.82, 2.24) is 0 Å². The molecule has 0 fully saturated rings. The summed E-state index contributed by atoms with van der Waals surface area (Å²) in [5, 5.41) is 12.4. The van der Waals surface area contributed by atoms with E-state index in [0.29, 0.717) is 0 Å². The van der Waals surface area contributed by atoms with Crippen molar-refractivity contribution in [3.8, 4) is 0 Å². The van der Waals surface area contributed by atoms with Crippen molar-refractivity contribution in [2.45, 2.75) is 18.4 Å². The lowest BCUT2D eigenvalue weighted by Crippen LogP contribution is -2.45. The summed E-state index contributed by atoms with van der Waals surface area (Å²) < 4.78 is 50.8. The average molecular weight is 284 g/mol. The molecule has 98 valence electrons. The number of halogens is 5. The number of rotatable bonds is 1. The molecule has 0 aromatic heterocycles. The third kappa shape index (κ3) is 2.15. The molecule has 18 heavy (non-hydrogen) atoms. The second kappa shape index (κ2) is 4.10. The summed E-state index contributed by atoms with van der Waals surface area (Å²) in [6, 6.07) is 3.40. The van der Waals surface area contributed by atoms with Crippen LogP contribution < -0.4 is 0 Å². The highest BCUT2D eigenvalue weighted by atomic mass is 35.5. The zero-order valence-corrected chi connectivity index (χ0v) is 9.39. The standard InChI is InChI=1S/C10H6ClF4NO2/c11-5-1-2-6(7(12)3-5)8-4-9(17,18-16-8)10(13,14)15/h1-3,17H,4H2. The molecule has 1 unspecified atom stereocenters. The van der Waals surface area contributed by atoms with Crippen molar-refractivity contribution in [3.05, 3.63) is 34.6 Å². The Labute approximate surface area is 104 Å². The summed E-state index contributed by atoms with van der Waals surface area (Å²) in [6.45, 7) is 0. The van der Waals surface area contributed by atoms with Gasteiger partial charge in [0.05, 0.1) is 12.1 Å². The lowest BCUT2D eigenvalue weighted by atomic mass is 10.0. The first-order valence-corrected chi connectivity index (χ1v) is 5.10. The summed E-state index contributed by atoms with van der Waals surface area (Å²) >= 11 is 5.51. The number of aliphatic hydroxyl groups is 1. The fourth-order valence-corrected chi connectivity index (χ4v) is 1.60. The highest BCUT2D eigenvalue weighted by Gasteiger charge is 2.60. The Morgan fingerprint density at radius 3 is 2.56 bits per heavy atom. The summed E-state index contributed by atoms with van der Waals surface area (Å²) in [4.78, 5) is 3.98. The van der Waals surface area contributed by atoms with Crippen LogP contribution in [0.5, 0.6) is 0 Å². The molecule has 0 bridgehead atoms. The van der Waals surface area contributed by atoms with E-state index in [0.717, 1.165) is 6.07 Å². The lowest BCUT2D eigenvalue weighted by molar-refractivity contribution is -0.355. The predicted molar refractivity (Wildman–Crippen MR) is 54.7 cm³/mol. The molecule has 1 aromatic carbocycles. The summed E-state index contributed by atoms with van der Waals surface area (Å²) in [5.74, 6) is -4.25. The largest absolute Gasteiger partial charge is 0.458 e. The fourth-order valence-electron chi connectivity index (χ4n) is 1.44. The van der Waals surface area contributed by atoms with E-state index in [1.54, 1.807) is 0 Å². The van der Waals surface area contributed by atoms with E-state index < -0.39 is 24.2 Å². The Hall–Kier alpha value is -1.34. The molecule has 8 heteroatoms. The molecular formula is C10H6ClF4NO2. The first kappa shape index (κ1) is 13.1. The van der Waals surface area contributed by atoms with Crippen molar-refractivity contribution < 1.29 is 27.5 Å². The van der Waals surface area contributed by atoms with Gasteiger partial charge in [-0.25, -0.2) is 4.39 Å². The van der Waals surface area contributed by atoms with Gasteiger partial charge in [0.25, 0.3) is 0 Å². The number of benzene rings is 1. The van der Waals surface area contributed by atoms with Gasteiger partial charge in [-0.1, -0.05) is 16.8 Å². The maximum Gasteiger partial charge on any atom is 0.458 e. The normalized spacial score (nSPS) is 23.8. The zero-order chi connectivity index (χ0) is 13.6. The molecule has 1 atom stereocenters. The molecule has 0 amide bonds. The Kier molecular flexibility index (Phi) is 2.98. The number of nitrogens with zero attached hydrogens (tertiary/aromatic N) is 1. The molecule has 3 nitrogen and oxygen atoms in total. The van der Waals surface area contributed by atoms with Gasteiger partial charge >= 0.3 is 12.0 Å². The molecule has 1 heterocycles. The van der Waals surface area contributed by atoms with Crippen molar-refractivity contribution in [3.63, 3.8) is 0 Å². The zero-order valence-electron chi connectivity index (χ0n) is 8.63. The van der Waals surface area contributed by atoms with Crippen molar-refractivity contribution in [2.24, 2.45) is 5.16 Å². The Balaban J connectivity index is 2.28. The third-order valence-corrected chi connectivity index (χ3v) is 2.63. The lowest BCUT2D eigenvalue weighted by Gasteiger charge is -2.22. The minimum Gasteiger partial charge on any atom is -0.350 e. The summed E-state index contributed by atoms with van der Waals surface area (Å²) in [6.07, 6.45) is -5.99. The van der Waals surface area contributed by atoms with E-state index in [1.165, 1.54) is 12.1 Å². The maximum absolute atomic E-state index is 13.5.